The van der Waals surface area contributed by atoms with E-state index in [2.05, 4.69) is 6.58 Å². The SMILES string of the molecule is C=CC[C@@H](C[C@H]1OCC(C)(C)N1C(=O)OC(C)(C)C)C(=O)N1C(=O)OC[C@@H]1Cc1ccccc1. The molecule has 0 saturated carbocycles. The van der Waals surface area contributed by atoms with Crippen molar-refractivity contribution in [3.63, 3.8) is 0 Å². The van der Waals surface area contributed by atoms with Gasteiger partial charge in [-0.3, -0.25) is 9.69 Å². The van der Waals surface area contributed by atoms with Crippen molar-refractivity contribution in [1.82, 2.24) is 9.80 Å². The van der Waals surface area contributed by atoms with Gasteiger partial charge in [-0.2, -0.15) is 0 Å². The number of benzene rings is 1. The van der Waals surface area contributed by atoms with Gasteiger partial charge in [-0.15, -0.1) is 6.58 Å². The van der Waals surface area contributed by atoms with Gasteiger partial charge in [0.15, 0.2) is 0 Å². The van der Waals surface area contributed by atoms with Crippen molar-refractivity contribution in [2.24, 2.45) is 5.92 Å². The highest BCUT2D eigenvalue weighted by Crippen LogP contribution is 2.34. The molecule has 34 heavy (non-hydrogen) atoms. The van der Waals surface area contributed by atoms with Crippen molar-refractivity contribution in [3.8, 4) is 0 Å². The summed E-state index contributed by atoms with van der Waals surface area (Å²) in [5, 5.41) is 0. The van der Waals surface area contributed by atoms with Crippen LogP contribution in [-0.2, 0) is 25.4 Å². The smallest absolute Gasteiger partial charge is 0.416 e. The highest BCUT2D eigenvalue weighted by atomic mass is 16.6. The summed E-state index contributed by atoms with van der Waals surface area (Å²) >= 11 is 0. The average Bonchev–Trinajstić information content (AvgIpc) is 3.25. The molecule has 1 aromatic carbocycles. The van der Waals surface area contributed by atoms with Crippen molar-refractivity contribution in [2.75, 3.05) is 13.2 Å². The summed E-state index contributed by atoms with van der Waals surface area (Å²) in [6, 6.07) is 9.29. The van der Waals surface area contributed by atoms with Crippen LogP contribution in [0.15, 0.2) is 43.0 Å². The predicted molar refractivity (Wildman–Crippen MR) is 127 cm³/mol. The van der Waals surface area contributed by atoms with Crippen LogP contribution in [0.1, 0.15) is 53.0 Å². The quantitative estimate of drug-likeness (QED) is 0.542. The molecule has 8 nitrogen and oxygen atoms in total. The molecular formula is C26H36N2O6. The van der Waals surface area contributed by atoms with Crippen LogP contribution in [0.4, 0.5) is 9.59 Å². The Kier molecular flexibility index (Phi) is 7.70. The fraction of sp³-hybridized carbons (Fsp3) is 0.577. The van der Waals surface area contributed by atoms with Crippen molar-refractivity contribution >= 4 is 18.1 Å². The van der Waals surface area contributed by atoms with Crippen LogP contribution in [0.5, 0.6) is 0 Å². The van der Waals surface area contributed by atoms with E-state index in [0.29, 0.717) is 19.4 Å². The second-order valence-corrected chi connectivity index (χ2v) is 10.5. The predicted octanol–water partition coefficient (Wildman–Crippen LogP) is 4.53. The van der Waals surface area contributed by atoms with Gasteiger partial charge in [0, 0.05) is 12.3 Å². The minimum atomic E-state index is -0.666. The van der Waals surface area contributed by atoms with E-state index in [9.17, 15) is 14.4 Å². The minimum Gasteiger partial charge on any atom is -0.447 e. The molecule has 3 rings (SSSR count). The zero-order valence-corrected chi connectivity index (χ0v) is 20.8. The normalized spacial score (nSPS) is 22.9. The van der Waals surface area contributed by atoms with Crippen LogP contribution >= 0.6 is 0 Å². The number of hydrogen-bond donors (Lipinski definition) is 0. The Hall–Kier alpha value is -2.87. The number of imide groups is 1. The number of ether oxygens (including phenoxy) is 3. The molecule has 186 valence electrons. The molecule has 1 aromatic rings. The van der Waals surface area contributed by atoms with E-state index < -0.39 is 41.5 Å². The third-order valence-electron chi connectivity index (χ3n) is 5.96. The number of cyclic esters (lactones) is 1. The van der Waals surface area contributed by atoms with Crippen LogP contribution in [0.3, 0.4) is 0 Å². The maximum atomic E-state index is 13.6. The molecule has 0 spiro atoms. The Morgan fingerprint density at radius 2 is 1.94 bits per heavy atom. The molecule has 8 heteroatoms. The Balaban J connectivity index is 1.78. The first-order chi connectivity index (χ1) is 15.9. The Bertz CT molecular complexity index is 908. The molecule has 0 bridgehead atoms. The summed E-state index contributed by atoms with van der Waals surface area (Å²) in [4.78, 5) is 41.9. The second kappa shape index (κ2) is 10.2. The zero-order chi connectivity index (χ0) is 25.1. The lowest BCUT2D eigenvalue weighted by atomic mass is 9.96. The molecule has 3 atom stereocenters. The summed E-state index contributed by atoms with van der Waals surface area (Å²) in [5.74, 6) is -0.953. The van der Waals surface area contributed by atoms with Gasteiger partial charge in [-0.05, 0) is 53.0 Å². The molecule has 0 aromatic heterocycles. The third kappa shape index (κ3) is 5.97. The van der Waals surface area contributed by atoms with E-state index in [0.717, 1.165) is 5.56 Å². The molecule has 0 N–H and O–H groups in total. The first kappa shape index (κ1) is 25.7. The van der Waals surface area contributed by atoms with E-state index in [-0.39, 0.29) is 18.9 Å². The summed E-state index contributed by atoms with van der Waals surface area (Å²) < 4.78 is 16.8. The lowest BCUT2D eigenvalue weighted by molar-refractivity contribution is -0.135. The van der Waals surface area contributed by atoms with Crippen molar-refractivity contribution in [2.45, 2.75) is 77.3 Å². The first-order valence-electron chi connectivity index (χ1n) is 11.7. The molecule has 2 saturated heterocycles. The highest BCUT2D eigenvalue weighted by molar-refractivity contribution is 5.95. The van der Waals surface area contributed by atoms with Gasteiger partial charge >= 0.3 is 12.2 Å². The number of rotatable bonds is 7. The van der Waals surface area contributed by atoms with Gasteiger partial charge in [0.25, 0.3) is 0 Å². The summed E-state index contributed by atoms with van der Waals surface area (Å²) in [6.07, 6.45) is 0.914. The van der Waals surface area contributed by atoms with Gasteiger partial charge in [0.1, 0.15) is 18.4 Å². The zero-order valence-electron chi connectivity index (χ0n) is 20.8. The van der Waals surface area contributed by atoms with Crippen molar-refractivity contribution < 1.29 is 28.6 Å². The maximum absolute atomic E-state index is 13.6. The van der Waals surface area contributed by atoms with Crippen LogP contribution in [-0.4, -0.2) is 64.5 Å². The number of nitrogens with zero attached hydrogens (tertiary/aromatic N) is 2. The van der Waals surface area contributed by atoms with Gasteiger partial charge in [0.2, 0.25) is 5.91 Å². The molecule has 0 unspecified atom stereocenters. The number of amides is 3. The summed E-state index contributed by atoms with van der Waals surface area (Å²) in [6.45, 7) is 13.5. The number of carbonyl (C=O) groups excluding carboxylic acids is 3. The van der Waals surface area contributed by atoms with E-state index in [1.54, 1.807) is 31.7 Å². The molecular weight excluding hydrogens is 436 g/mol. The monoisotopic (exact) mass is 472 g/mol. The van der Waals surface area contributed by atoms with Gasteiger partial charge < -0.3 is 14.2 Å². The fourth-order valence-corrected chi connectivity index (χ4v) is 4.39. The van der Waals surface area contributed by atoms with Gasteiger partial charge in [0.05, 0.1) is 18.2 Å². The first-order valence-corrected chi connectivity index (χ1v) is 11.7. The van der Waals surface area contributed by atoms with E-state index in [4.69, 9.17) is 14.2 Å². The molecule has 0 radical (unpaired) electrons. The van der Waals surface area contributed by atoms with E-state index in [1.807, 2.05) is 44.2 Å². The second-order valence-electron chi connectivity index (χ2n) is 10.5. The van der Waals surface area contributed by atoms with Gasteiger partial charge in [-0.1, -0.05) is 36.4 Å². The minimum absolute atomic E-state index is 0.150. The Morgan fingerprint density at radius 3 is 2.56 bits per heavy atom. The molecule has 2 heterocycles. The molecule has 2 fully saturated rings. The van der Waals surface area contributed by atoms with Crippen LogP contribution in [0.25, 0.3) is 0 Å². The van der Waals surface area contributed by atoms with E-state index >= 15 is 0 Å². The number of carbonyl (C=O) groups is 3. The molecule has 2 aliphatic rings. The summed E-state index contributed by atoms with van der Waals surface area (Å²) in [7, 11) is 0. The van der Waals surface area contributed by atoms with Crippen LogP contribution in [0, 0.1) is 5.92 Å². The maximum Gasteiger partial charge on any atom is 0.416 e. The van der Waals surface area contributed by atoms with Gasteiger partial charge in [-0.25, -0.2) is 14.5 Å². The lowest BCUT2D eigenvalue weighted by Gasteiger charge is -2.36. The van der Waals surface area contributed by atoms with Crippen molar-refractivity contribution in [3.05, 3.63) is 48.6 Å². The highest BCUT2D eigenvalue weighted by Gasteiger charge is 2.48. The number of allylic oxidation sites excluding steroid dienone is 1. The standard InChI is InChI=1S/C26H36N2O6/c1-7-11-19(15-21-28(26(5,6)17-33-21)24(31)34-25(2,3)4)22(29)27-20(16-32-23(27)30)14-18-12-9-8-10-13-18/h7-10,12-13,19-21H,1,11,14-17H2,2-6H3/t19-,20-,21+/m0/s1. The lowest BCUT2D eigenvalue weighted by Crippen LogP contribution is -2.51. The average molecular weight is 473 g/mol. The Labute approximate surface area is 201 Å². The third-order valence-corrected chi connectivity index (χ3v) is 5.96. The van der Waals surface area contributed by atoms with Crippen LogP contribution in [0.2, 0.25) is 0 Å². The summed E-state index contributed by atoms with van der Waals surface area (Å²) in [5.41, 5.74) is -0.251. The molecule has 0 aliphatic carbocycles. The van der Waals surface area contributed by atoms with Crippen LogP contribution < -0.4 is 0 Å². The number of hydrogen-bond acceptors (Lipinski definition) is 6. The molecule has 2 aliphatic heterocycles. The van der Waals surface area contributed by atoms with E-state index in [1.165, 1.54) is 4.90 Å². The fourth-order valence-electron chi connectivity index (χ4n) is 4.39. The molecule has 3 amide bonds. The Morgan fingerprint density at radius 1 is 1.26 bits per heavy atom. The van der Waals surface area contributed by atoms with Crippen molar-refractivity contribution in [1.29, 1.82) is 0 Å². The largest absolute Gasteiger partial charge is 0.447 e. The topological polar surface area (TPSA) is 85.4 Å².